The van der Waals surface area contributed by atoms with E-state index in [2.05, 4.69) is 0 Å². The number of halogens is 4. The van der Waals surface area contributed by atoms with Crippen molar-refractivity contribution >= 4 is 0 Å². The van der Waals surface area contributed by atoms with E-state index in [0.717, 1.165) is 0 Å². The zero-order chi connectivity index (χ0) is 13.4. The fourth-order valence-corrected chi connectivity index (χ4v) is 1.99. The fraction of sp³-hybridized carbons (Fsp3) is 0.500. The summed E-state index contributed by atoms with van der Waals surface area (Å²) in [5.74, 6) is -2.85. The molecule has 1 N–H and O–H groups in total. The molecule has 0 spiro atoms. The maximum absolute atomic E-state index is 13.6. The lowest BCUT2D eigenvalue weighted by atomic mass is 9.95. The molecule has 1 heterocycles. The van der Waals surface area contributed by atoms with Gasteiger partial charge in [0.05, 0.1) is 12.2 Å². The molecule has 0 aliphatic carbocycles. The third-order valence-electron chi connectivity index (χ3n) is 2.97. The predicted octanol–water partition coefficient (Wildman–Crippen LogP) is 3.19. The molecule has 2 nitrogen and oxygen atoms in total. The van der Waals surface area contributed by atoms with Crippen LogP contribution in [0.25, 0.3) is 0 Å². The molecule has 0 aromatic heterocycles. The summed E-state index contributed by atoms with van der Waals surface area (Å²) in [6, 6.07) is 1.96. The second-order valence-electron chi connectivity index (χ2n) is 4.28. The van der Waals surface area contributed by atoms with Crippen LogP contribution in [0.4, 0.5) is 17.6 Å². The molecule has 1 fully saturated rings. The van der Waals surface area contributed by atoms with Gasteiger partial charge in [-0.15, -0.1) is 0 Å². The molecule has 100 valence electrons. The van der Waals surface area contributed by atoms with Gasteiger partial charge in [-0.05, 0) is 31.0 Å². The average molecular weight is 264 g/mol. The summed E-state index contributed by atoms with van der Waals surface area (Å²) in [5, 5.41) is 10.1. The SMILES string of the molecule is OC1(c2cc(C(F)(F)F)ccc2F)CCCCO1. The molecule has 1 aliphatic rings. The highest BCUT2D eigenvalue weighted by Gasteiger charge is 2.38. The van der Waals surface area contributed by atoms with E-state index in [1.807, 2.05) is 0 Å². The Morgan fingerprint density at radius 2 is 1.94 bits per heavy atom. The van der Waals surface area contributed by atoms with Crippen LogP contribution >= 0.6 is 0 Å². The molecule has 18 heavy (non-hydrogen) atoms. The van der Waals surface area contributed by atoms with Crippen LogP contribution in [0.1, 0.15) is 30.4 Å². The minimum Gasteiger partial charge on any atom is -0.362 e. The van der Waals surface area contributed by atoms with Crippen LogP contribution in [-0.4, -0.2) is 11.7 Å². The lowest BCUT2D eigenvalue weighted by Gasteiger charge is -2.33. The number of ether oxygens (including phenoxy) is 1. The van der Waals surface area contributed by atoms with Gasteiger partial charge in [0.15, 0.2) is 5.79 Å². The van der Waals surface area contributed by atoms with Crippen LogP contribution in [0.2, 0.25) is 0 Å². The Morgan fingerprint density at radius 1 is 1.22 bits per heavy atom. The molecule has 0 radical (unpaired) electrons. The molecular formula is C12H12F4O2. The van der Waals surface area contributed by atoms with Gasteiger partial charge in [-0.1, -0.05) is 0 Å². The summed E-state index contributed by atoms with van der Waals surface area (Å²) < 4.78 is 56.3. The smallest absolute Gasteiger partial charge is 0.362 e. The van der Waals surface area contributed by atoms with E-state index in [1.165, 1.54) is 0 Å². The largest absolute Gasteiger partial charge is 0.416 e. The summed E-state index contributed by atoms with van der Waals surface area (Å²) >= 11 is 0. The average Bonchev–Trinajstić information content (AvgIpc) is 2.28. The van der Waals surface area contributed by atoms with Gasteiger partial charge in [0.1, 0.15) is 5.82 Å². The zero-order valence-electron chi connectivity index (χ0n) is 9.43. The number of hydrogen-bond donors (Lipinski definition) is 1. The highest BCUT2D eigenvalue weighted by Crippen LogP contribution is 2.37. The van der Waals surface area contributed by atoms with Crippen molar-refractivity contribution in [2.45, 2.75) is 31.2 Å². The first-order valence-corrected chi connectivity index (χ1v) is 5.56. The highest BCUT2D eigenvalue weighted by molar-refractivity contribution is 5.30. The molecule has 6 heteroatoms. The monoisotopic (exact) mass is 264 g/mol. The summed E-state index contributed by atoms with van der Waals surface area (Å²) in [5.41, 5.74) is -1.45. The summed E-state index contributed by atoms with van der Waals surface area (Å²) in [7, 11) is 0. The van der Waals surface area contributed by atoms with Crippen LogP contribution in [0.15, 0.2) is 18.2 Å². The van der Waals surface area contributed by atoms with Gasteiger partial charge >= 0.3 is 6.18 Å². The van der Waals surface area contributed by atoms with Crippen molar-refractivity contribution in [3.05, 3.63) is 35.1 Å². The molecule has 1 unspecified atom stereocenters. The molecular weight excluding hydrogens is 252 g/mol. The van der Waals surface area contributed by atoms with Gasteiger partial charge < -0.3 is 9.84 Å². The van der Waals surface area contributed by atoms with Crippen molar-refractivity contribution in [2.24, 2.45) is 0 Å². The van der Waals surface area contributed by atoms with Crippen molar-refractivity contribution in [3.63, 3.8) is 0 Å². The van der Waals surface area contributed by atoms with Crippen LogP contribution in [0.5, 0.6) is 0 Å². The van der Waals surface area contributed by atoms with Gasteiger partial charge in [-0.25, -0.2) is 4.39 Å². The molecule has 2 rings (SSSR count). The van der Waals surface area contributed by atoms with E-state index in [0.29, 0.717) is 31.0 Å². The van der Waals surface area contributed by atoms with E-state index in [4.69, 9.17) is 4.74 Å². The van der Waals surface area contributed by atoms with Crippen molar-refractivity contribution < 1.29 is 27.4 Å². The Bertz CT molecular complexity index is 436. The third-order valence-corrected chi connectivity index (χ3v) is 2.97. The quantitative estimate of drug-likeness (QED) is 0.789. The first-order chi connectivity index (χ1) is 8.33. The normalized spacial score (nSPS) is 25.2. The Balaban J connectivity index is 2.43. The minimum atomic E-state index is -4.58. The number of aliphatic hydroxyl groups is 1. The summed E-state index contributed by atoms with van der Waals surface area (Å²) in [6.07, 6.45) is -3.21. The van der Waals surface area contributed by atoms with Crippen molar-refractivity contribution in [1.29, 1.82) is 0 Å². The van der Waals surface area contributed by atoms with Crippen LogP contribution < -0.4 is 0 Å². The van der Waals surface area contributed by atoms with E-state index in [9.17, 15) is 22.7 Å². The molecule has 1 atom stereocenters. The Kier molecular flexibility index (Phi) is 3.33. The molecule has 0 saturated carbocycles. The second-order valence-corrected chi connectivity index (χ2v) is 4.28. The number of benzene rings is 1. The first kappa shape index (κ1) is 13.3. The van der Waals surface area contributed by atoms with Crippen molar-refractivity contribution in [1.82, 2.24) is 0 Å². The molecule has 1 aliphatic heterocycles. The van der Waals surface area contributed by atoms with Gasteiger partial charge in [-0.2, -0.15) is 13.2 Å². The van der Waals surface area contributed by atoms with Crippen molar-refractivity contribution in [3.8, 4) is 0 Å². The first-order valence-electron chi connectivity index (χ1n) is 5.56. The van der Waals surface area contributed by atoms with E-state index >= 15 is 0 Å². The molecule has 1 aromatic rings. The topological polar surface area (TPSA) is 29.5 Å². The second kappa shape index (κ2) is 4.51. The zero-order valence-corrected chi connectivity index (χ0v) is 9.43. The lowest BCUT2D eigenvalue weighted by Crippen LogP contribution is -2.34. The van der Waals surface area contributed by atoms with Crippen LogP contribution in [0.3, 0.4) is 0 Å². The third kappa shape index (κ3) is 2.49. The molecule has 1 aromatic carbocycles. The van der Waals surface area contributed by atoms with E-state index in [-0.39, 0.29) is 13.0 Å². The standard InChI is InChI=1S/C12H12F4O2/c13-10-4-3-8(12(14,15)16)7-9(10)11(17)5-1-2-6-18-11/h3-4,7,17H,1-2,5-6H2. The Morgan fingerprint density at radius 3 is 2.50 bits per heavy atom. The fourth-order valence-electron chi connectivity index (χ4n) is 1.99. The molecule has 0 amide bonds. The van der Waals surface area contributed by atoms with Gasteiger partial charge in [0, 0.05) is 12.0 Å². The van der Waals surface area contributed by atoms with Crippen LogP contribution in [0, 0.1) is 5.82 Å². The van der Waals surface area contributed by atoms with Gasteiger partial charge in [0.25, 0.3) is 0 Å². The Labute approximate surface area is 101 Å². The maximum Gasteiger partial charge on any atom is 0.416 e. The number of alkyl halides is 3. The Hall–Kier alpha value is -1.14. The summed E-state index contributed by atoms with van der Waals surface area (Å²) in [4.78, 5) is 0. The highest BCUT2D eigenvalue weighted by atomic mass is 19.4. The predicted molar refractivity (Wildman–Crippen MR) is 55.1 cm³/mol. The van der Waals surface area contributed by atoms with Gasteiger partial charge in [0.2, 0.25) is 0 Å². The molecule has 1 saturated heterocycles. The maximum atomic E-state index is 13.6. The van der Waals surface area contributed by atoms with Crippen molar-refractivity contribution in [2.75, 3.05) is 6.61 Å². The number of hydrogen-bond acceptors (Lipinski definition) is 2. The molecule has 0 bridgehead atoms. The summed E-state index contributed by atoms with van der Waals surface area (Å²) in [6.45, 7) is 0.201. The lowest BCUT2D eigenvalue weighted by molar-refractivity contribution is -0.235. The van der Waals surface area contributed by atoms with E-state index in [1.54, 1.807) is 0 Å². The van der Waals surface area contributed by atoms with Crippen LogP contribution in [-0.2, 0) is 16.7 Å². The van der Waals surface area contributed by atoms with Gasteiger partial charge in [-0.3, -0.25) is 0 Å². The minimum absolute atomic E-state index is 0.0885. The van der Waals surface area contributed by atoms with E-state index < -0.39 is 28.9 Å². The number of rotatable bonds is 1.